The largest absolute Gasteiger partial charge is 0.472 e. The average Bonchev–Trinajstić information content (AvgIpc) is 3.12. The maximum atomic E-state index is 12.5. The summed E-state index contributed by atoms with van der Waals surface area (Å²) in [5, 5.41) is 28.3. The summed E-state index contributed by atoms with van der Waals surface area (Å²) in [7, 11) is -4.65. The van der Waals surface area contributed by atoms with Crippen LogP contribution in [0.25, 0.3) is 0 Å². The molecule has 2 unspecified atom stereocenters. The van der Waals surface area contributed by atoms with E-state index in [1.807, 2.05) is 42.5 Å². The van der Waals surface area contributed by atoms with E-state index in [2.05, 4.69) is 37.4 Å². The third kappa shape index (κ3) is 36.4. The first-order valence-electron chi connectivity index (χ1n) is 19.7. The number of carbonyl (C=O) groups is 2. The number of esters is 2. The van der Waals surface area contributed by atoms with E-state index in [0.717, 1.165) is 38.0 Å². The predicted octanol–water partition coefficient (Wildman–Crippen LogP) is 8.77. The Balaban J connectivity index is 4.54. The van der Waals surface area contributed by atoms with Gasteiger partial charge in [-0.1, -0.05) is 139 Å². The van der Waals surface area contributed by atoms with Gasteiger partial charge in [-0.3, -0.25) is 18.6 Å². The molecule has 0 bridgehead atoms. The molecule has 11 nitrogen and oxygen atoms in total. The third-order valence-electron chi connectivity index (χ3n) is 7.94. The lowest BCUT2D eigenvalue weighted by atomic mass is 10.0. The van der Waals surface area contributed by atoms with E-state index in [4.69, 9.17) is 19.1 Å². The van der Waals surface area contributed by atoms with E-state index in [0.29, 0.717) is 32.1 Å². The molecule has 0 aromatic carbocycles. The lowest BCUT2D eigenvalue weighted by Crippen LogP contribution is -2.29. The van der Waals surface area contributed by atoms with Crippen molar-refractivity contribution in [3.8, 4) is 0 Å². The van der Waals surface area contributed by atoms with Crippen molar-refractivity contribution >= 4 is 19.8 Å². The van der Waals surface area contributed by atoms with E-state index in [1.165, 1.54) is 38.5 Å². The fourth-order valence-electron chi connectivity index (χ4n) is 4.88. The molecule has 0 spiro atoms. The molecule has 0 aromatic rings. The van der Waals surface area contributed by atoms with Gasteiger partial charge in [-0.25, -0.2) is 4.57 Å². The molecule has 4 atom stereocenters. The van der Waals surface area contributed by atoms with Gasteiger partial charge in [0, 0.05) is 12.8 Å². The van der Waals surface area contributed by atoms with Crippen molar-refractivity contribution in [2.45, 2.75) is 155 Å². The Labute approximate surface area is 319 Å². The summed E-state index contributed by atoms with van der Waals surface area (Å²) < 4.78 is 32.5. The molecule has 0 aliphatic rings. The molecule has 0 aliphatic carbocycles. The molecule has 0 rings (SSSR count). The van der Waals surface area contributed by atoms with Gasteiger partial charge in [0.15, 0.2) is 6.10 Å². The Morgan fingerprint density at radius 3 is 1.98 bits per heavy atom. The van der Waals surface area contributed by atoms with Crippen LogP contribution in [-0.4, -0.2) is 76.9 Å². The van der Waals surface area contributed by atoms with Crippen LogP contribution < -0.4 is 0 Å². The normalized spacial score (nSPS) is 15.3. The second kappa shape index (κ2) is 35.3. The van der Waals surface area contributed by atoms with Gasteiger partial charge in [0.2, 0.25) is 0 Å². The van der Waals surface area contributed by atoms with Crippen LogP contribution in [0.3, 0.4) is 0 Å². The monoisotopic (exact) mass is 770 g/mol. The van der Waals surface area contributed by atoms with Crippen molar-refractivity contribution in [3.63, 3.8) is 0 Å². The Bertz CT molecular complexity index is 1100. The van der Waals surface area contributed by atoms with E-state index < -0.39 is 57.9 Å². The molecule has 53 heavy (non-hydrogen) atoms. The zero-order chi connectivity index (χ0) is 39.4. The molecule has 0 heterocycles. The quantitative estimate of drug-likeness (QED) is 0.0160. The number of allylic oxidation sites excluding steroid dienone is 8. The molecule has 306 valence electrons. The topological polar surface area (TPSA) is 169 Å². The number of phosphoric ester groups is 1. The van der Waals surface area contributed by atoms with Gasteiger partial charge in [0.1, 0.15) is 12.7 Å². The molecule has 0 aliphatic heterocycles. The van der Waals surface area contributed by atoms with Gasteiger partial charge in [0.05, 0.1) is 25.9 Å². The molecule has 12 heteroatoms. The second-order valence-electron chi connectivity index (χ2n) is 13.6. The fraction of sp³-hybridized carbons (Fsp3) is 0.707. The van der Waals surface area contributed by atoms with Crippen molar-refractivity contribution < 1.29 is 52.9 Å². The minimum atomic E-state index is -4.65. The number of phosphoric acid groups is 1. The van der Waals surface area contributed by atoms with E-state index in [1.54, 1.807) is 6.08 Å². The van der Waals surface area contributed by atoms with Crippen molar-refractivity contribution in [2.75, 3.05) is 26.4 Å². The first-order chi connectivity index (χ1) is 25.5. The number of ether oxygens (including phenoxy) is 2. The summed E-state index contributed by atoms with van der Waals surface area (Å²) in [5.74, 6) is -0.271. The average molecular weight is 771 g/mol. The van der Waals surface area contributed by atoms with Gasteiger partial charge < -0.3 is 29.7 Å². The van der Waals surface area contributed by atoms with Crippen molar-refractivity contribution in [3.05, 3.63) is 60.8 Å². The van der Waals surface area contributed by atoms with Crippen LogP contribution in [-0.2, 0) is 32.7 Å². The summed E-state index contributed by atoms with van der Waals surface area (Å²) in [6.45, 7) is 4.36. The number of aliphatic hydroxyl groups excluding tert-OH is 3. The summed E-state index contributed by atoms with van der Waals surface area (Å²) in [6.07, 6.45) is 32.4. The van der Waals surface area contributed by atoms with Crippen LogP contribution in [0, 0.1) is 5.92 Å². The first-order valence-corrected chi connectivity index (χ1v) is 21.2. The van der Waals surface area contributed by atoms with Crippen LogP contribution in [0.5, 0.6) is 0 Å². The Morgan fingerprint density at radius 1 is 0.698 bits per heavy atom. The zero-order valence-corrected chi connectivity index (χ0v) is 33.6. The van der Waals surface area contributed by atoms with Crippen LogP contribution in [0.1, 0.15) is 136 Å². The highest BCUT2D eigenvalue weighted by atomic mass is 31.2. The van der Waals surface area contributed by atoms with Crippen LogP contribution in [0.2, 0.25) is 0 Å². The molecule has 0 amide bonds. The maximum absolute atomic E-state index is 12.5. The molecular formula is C41H71O11P. The Kier molecular flexibility index (Phi) is 33.8. The SMILES string of the molecule is CC/C=C\C/C=C\CC(O)/C=C/C=C\C/C=C\CCCC(=O)O[C@H](COC(=O)CCCCCCCCCCCC(C)C)COP(=O)(O)OC[C@@H](O)CO. The highest BCUT2D eigenvalue weighted by Gasteiger charge is 2.27. The number of aliphatic hydroxyl groups is 3. The number of unbranched alkanes of at least 4 members (excludes halogenated alkanes) is 9. The Hall–Kier alpha value is -2.37. The highest BCUT2D eigenvalue weighted by Crippen LogP contribution is 2.43. The number of hydrogen-bond acceptors (Lipinski definition) is 10. The second-order valence-corrected chi connectivity index (χ2v) is 15.1. The lowest BCUT2D eigenvalue weighted by Gasteiger charge is -2.20. The van der Waals surface area contributed by atoms with Crippen molar-refractivity contribution in [1.82, 2.24) is 0 Å². The van der Waals surface area contributed by atoms with E-state index in [-0.39, 0.29) is 19.4 Å². The molecule has 4 N–H and O–H groups in total. The summed E-state index contributed by atoms with van der Waals surface area (Å²) in [6, 6.07) is 0. The molecule has 0 saturated heterocycles. The number of carbonyl (C=O) groups excluding carboxylic acids is 2. The minimum Gasteiger partial charge on any atom is -0.462 e. The van der Waals surface area contributed by atoms with Crippen molar-refractivity contribution in [1.29, 1.82) is 0 Å². The Morgan fingerprint density at radius 2 is 1.30 bits per heavy atom. The molecule has 0 saturated carbocycles. The van der Waals surface area contributed by atoms with E-state index in [9.17, 15) is 29.3 Å². The maximum Gasteiger partial charge on any atom is 0.472 e. The van der Waals surface area contributed by atoms with E-state index >= 15 is 0 Å². The summed E-state index contributed by atoms with van der Waals surface area (Å²) >= 11 is 0. The van der Waals surface area contributed by atoms with Crippen molar-refractivity contribution in [2.24, 2.45) is 5.92 Å². The molecule has 0 radical (unpaired) electrons. The summed E-state index contributed by atoms with van der Waals surface area (Å²) in [4.78, 5) is 34.8. The van der Waals surface area contributed by atoms with Gasteiger partial charge in [-0.2, -0.15) is 0 Å². The first kappa shape index (κ1) is 50.6. The van der Waals surface area contributed by atoms with Crippen LogP contribution >= 0.6 is 7.82 Å². The lowest BCUT2D eigenvalue weighted by molar-refractivity contribution is -0.161. The minimum absolute atomic E-state index is 0.0719. The predicted molar refractivity (Wildman–Crippen MR) is 211 cm³/mol. The van der Waals surface area contributed by atoms with Crippen LogP contribution in [0.4, 0.5) is 0 Å². The number of rotatable bonds is 35. The van der Waals surface area contributed by atoms with Crippen LogP contribution in [0.15, 0.2) is 60.8 Å². The summed E-state index contributed by atoms with van der Waals surface area (Å²) in [5.41, 5.74) is 0. The van der Waals surface area contributed by atoms with Gasteiger partial charge in [-0.15, -0.1) is 0 Å². The molecule has 0 fully saturated rings. The van der Waals surface area contributed by atoms with Gasteiger partial charge in [0.25, 0.3) is 0 Å². The van der Waals surface area contributed by atoms with Gasteiger partial charge >= 0.3 is 19.8 Å². The van der Waals surface area contributed by atoms with Gasteiger partial charge in [-0.05, 0) is 50.9 Å². The fourth-order valence-corrected chi connectivity index (χ4v) is 5.67. The number of hydrogen-bond donors (Lipinski definition) is 4. The zero-order valence-electron chi connectivity index (χ0n) is 32.7. The smallest absolute Gasteiger partial charge is 0.462 e. The molecular weight excluding hydrogens is 699 g/mol. The third-order valence-corrected chi connectivity index (χ3v) is 8.90. The standard InChI is InChI=1S/C41H71O11P/c1-4-5-6-7-18-23-28-37(43)29-24-19-14-11-12-16-21-26-31-41(46)52-39(35-51-53(47,48)50-33-38(44)32-42)34-49-40(45)30-25-20-15-10-8-9-13-17-22-27-36(2)3/h5-6,12,14,16,18-19,23-24,29,36-39,42-44H,4,7-11,13,15,17,20-22,25-28,30-35H2,1-3H3,(H,47,48)/b6-5-,16-12-,19-14-,23-18-,29-24+/t37?,38-,39+/m0/s1. The highest BCUT2D eigenvalue weighted by molar-refractivity contribution is 7.47. The molecule has 0 aromatic heterocycles.